The van der Waals surface area contributed by atoms with Gasteiger partial charge in [0, 0.05) is 6.20 Å². The molecule has 7 heteroatoms. The molecule has 5 nitrogen and oxygen atoms in total. The van der Waals surface area contributed by atoms with Crippen LogP contribution < -0.4 is 5.32 Å². The van der Waals surface area contributed by atoms with Crippen LogP contribution in [-0.4, -0.2) is 27.6 Å². The van der Waals surface area contributed by atoms with E-state index in [1.54, 1.807) is 20.8 Å². The minimum atomic E-state index is -0.524. The van der Waals surface area contributed by atoms with E-state index < -0.39 is 11.7 Å². The number of carbonyl (C=O) groups excluding carboxylic acids is 1. The van der Waals surface area contributed by atoms with E-state index >= 15 is 0 Å². The van der Waals surface area contributed by atoms with Crippen LogP contribution in [0, 0.1) is 11.8 Å². The molecular formula is C15H16BrN3O2S. The molecule has 22 heavy (non-hydrogen) atoms. The third kappa shape index (κ3) is 4.18. The molecular weight excluding hydrogens is 366 g/mol. The van der Waals surface area contributed by atoms with Crippen LogP contribution in [-0.2, 0) is 4.74 Å². The zero-order chi connectivity index (χ0) is 16.3. The Morgan fingerprint density at radius 3 is 2.91 bits per heavy atom. The zero-order valence-corrected chi connectivity index (χ0v) is 15.0. The van der Waals surface area contributed by atoms with E-state index in [2.05, 4.69) is 50.7 Å². The average Bonchev–Trinajstić information content (AvgIpc) is 2.72. The highest BCUT2D eigenvalue weighted by Gasteiger charge is 2.15. The Balaban J connectivity index is 2.05. The van der Waals surface area contributed by atoms with E-state index in [0.717, 1.165) is 10.1 Å². The number of hydrogen-bond acceptors (Lipinski definition) is 4. The first-order valence-corrected chi connectivity index (χ1v) is 7.83. The molecule has 2 aromatic heterocycles. The summed E-state index contributed by atoms with van der Waals surface area (Å²) in [6, 6.07) is 3.79. The second-order valence-corrected chi connectivity index (χ2v) is 6.77. The van der Waals surface area contributed by atoms with Gasteiger partial charge in [0.2, 0.25) is 0 Å². The number of nitrogens with one attached hydrogen (secondary N) is 1. The molecule has 0 bridgehead atoms. The van der Waals surface area contributed by atoms with Crippen molar-refractivity contribution in [2.45, 2.75) is 31.4 Å². The summed E-state index contributed by atoms with van der Waals surface area (Å²) < 4.78 is 7.82. The SMILES string of the molecule is CC(C)(C)OC(=O)NCC#Cc1nc2c(Br)cccn2c1S. The topological polar surface area (TPSA) is 55.6 Å². The van der Waals surface area contributed by atoms with E-state index in [4.69, 9.17) is 4.74 Å². The van der Waals surface area contributed by atoms with Gasteiger partial charge in [-0.15, -0.1) is 12.6 Å². The maximum Gasteiger partial charge on any atom is 0.408 e. The van der Waals surface area contributed by atoms with Crippen molar-refractivity contribution in [3.63, 3.8) is 0 Å². The Hall–Kier alpha value is -1.65. The number of alkyl carbamates (subject to hydrolysis) is 1. The number of aromatic nitrogens is 2. The summed E-state index contributed by atoms with van der Waals surface area (Å²) in [6.45, 7) is 5.59. The average molecular weight is 382 g/mol. The number of fused-ring (bicyclic) bond motifs is 1. The molecule has 0 fully saturated rings. The van der Waals surface area contributed by atoms with E-state index in [1.165, 1.54) is 0 Å². The molecule has 0 spiro atoms. The number of nitrogens with zero attached hydrogens (tertiary/aromatic N) is 2. The number of hydrogen-bond donors (Lipinski definition) is 2. The first kappa shape index (κ1) is 16.7. The number of halogens is 1. The molecule has 2 rings (SSSR count). The van der Waals surface area contributed by atoms with E-state index in [1.807, 2.05) is 22.7 Å². The van der Waals surface area contributed by atoms with Gasteiger partial charge in [0.25, 0.3) is 0 Å². The summed E-state index contributed by atoms with van der Waals surface area (Å²) in [5, 5.41) is 3.22. The van der Waals surface area contributed by atoms with Crippen LogP contribution in [0.1, 0.15) is 26.5 Å². The fourth-order valence-electron chi connectivity index (χ4n) is 1.66. The molecule has 0 saturated carbocycles. The van der Waals surface area contributed by atoms with Crippen LogP contribution in [0.4, 0.5) is 4.79 Å². The maximum absolute atomic E-state index is 11.5. The number of rotatable bonds is 1. The van der Waals surface area contributed by atoms with Gasteiger partial charge >= 0.3 is 6.09 Å². The van der Waals surface area contributed by atoms with Crippen molar-refractivity contribution in [2.75, 3.05) is 6.54 Å². The van der Waals surface area contributed by atoms with Crippen molar-refractivity contribution in [3.05, 3.63) is 28.5 Å². The lowest BCUT2D eigenvalue weighted by molar-refractivity contribution is 0.0535. The Bertz CT molecular complexity index is 769. The molecule has 1 amide bonds. The smallest absolute Gasteiger partial charge is 0.408 e. The van der Waals surface area contributed by atoms with Gasteiger partial charge < -0.3 is 10.1 Å². The number of carbonyl (C=O) groups is 1. The van der Waals surface area contributed by atoms with Crippen molar-refractivity contribution in [1.29, 1.82) is 0 Å². The quantitative estimate of drug-likeness (QED) is 0.588. The normalized spacial score (nSPS) is 11.0. The fraction of sp³-hybridized carbons (Fsp3) is 0.333. The first-order valence-electron chi connectivity index (χ1n) is 6.59. The first-order chi connectivity index (χ1) is 10.3. The maximum atomic E-state index is 11.5. The van der Waals surface area contributed by atoms with Gasteiger partial charge in [-0.25, -0.2) is 9.78 Å². The van der Waals surface area contributed by atoms with Crippen LogP contribution in [0.25, 0.3) is 5.65 Å². The number of imidazole rings is 1. The highest BCUT2D eigenvalue weighted by atomic mass is 79.9. The molecule has 0 aliphatic rings. The van der Waals surface area contributed by atoms with Crippen molar-refractivity contribution < 1.29 is 9.53 Å². The van der Waals surface area contributed by atoms with E-state index in [-0.39, 0.29) is 6.54 Å². The molecule has 1 N–H and O–H groups in total. The Kier molecular flexibility index (Phi) is 5.04. The summed E-state index contributed by atoms with van der Waals surface area (Å²) in [4.78, 5) is 15.9. The number of ether oxygens (including phenoxy) is 1. The second-order valence-electron chi connectivity index (χ2n) is 5.49. The summed E-state index contributed by atoms with van der Waals surface area (Å²) in [5.41, 5.74) is 0.780. The molecule has 0 aromatic carbocycles. The van der Waals surface area contributed by atoms with Crippen LogP contribution in [0.3, 0.4) is 0 Å². The summed E-state index contributed by atoms with van der Waals surface area (Å²) in [6.07, 6.45) is 1.37. The van der Waals surface area contributed by atoms with Gasteiger partial charge in [0.1, 0.15) is 16.3 Å². The molecule has 0 atom stereocenters. The molecule has 2 heterocycles. The number of amides is 1. The van der Waals surface area contributed by atoms with Gasteiger partial charge in [0.15, 0.2) is 5.65 Å². The Morgan fingerprint density at radius 1 is 1.55 bits per heavy atom. The molecule has 0 unspecified atom stereocenters. The van der Waals surface area contributed by atoms with Gasteiger partial charge in [-0.2, -0.15) is 0 Å². The van der Waals surface area contributed by atoms with E-state index in [9.17, 15) is 4.79 Å². The molecule has 2 aromatic rings. The minimum Gasteiger partial charge on any atom is -0.444 e. The van der Waals surface area contributed by atoms with Gasteiger partial charge in [0.05, 0.1) is 11.0 Å². The molecule has 0 aliphatic heterocycles. The molecule has 0 radical (unpaired) electrons. The van der Waals surface area contributed by atoms with Crippen molar-refractivity contribution >= 4 is 40.3 Å². The Labute approximate surface area is 143 Å². The number of pyridine rings is 1. The van der Waals surface area contributed by atoms with Gasteiger partial charge in [-0.3, -0.25) is 4.40 Å². The Morgan fingerprint density at radius 2 is 2.27 bits per heavy atom. The lowest BCUT2D eigenvalue weighted by Crippen LogP contribution is -2.32. The predicted molar refractivity (Wildman–Crippen MR) is 91.3 cm³/mol. The van der Waals surface area contributed by atoms with Crippen LogP contribution in [0.5, 0.6) is 0 Å². The van der Waals surface area contributed by atoms with Gasteiger partial charge in [-0.05, 0) is 54.8 Å². The number of thiol groups is 1. The van der Waals surface area contributed by atoms with Crippen molar-refractivity contribution in [3.8, 4) is 11.8 Å². The second kappa shape index (κ2) is 6.63. The zero-order valence-electron chi connectivity index (χ0n) is 12.5. The van der Waals surface area contributed by atoms with Crippen LogP contribution in [0.15, 0.2) is 27.8 Å². The summed E-state index contributed by atoms with van der Waals surface area (Å²) >= 11 is 7.86. The van der Waals surface area contributed by atoms with Gasteiger partial charge in [-0.1, -0.05) is 5.92 Å². The summed E-state index contributed by atoms with van der Waals surface area (Å²) in [5.74, 6) is 5.74. The lowest BCUT2D eigenvalue weighted by Gasteiger charge is -2.18. The molecule has 116 valence electrons. The monoisotopic (exact) mass is 381 g/mol. The fourth-order valence-corrected chi connectivity index (χ4v) is 2.36. The standard InChI is InChI=1S/C15H16BrN3O2S/c1-15(2,3)21-14(20)17-8-4-7-11-13(22)19-9-5-6-10(16)12(19)18-11/h5-6,9,22H,8H2,1-3H3,(H,17,20). The highest BCUT2D eigenvalue weighted by molar-refractivity contribution is 9.10. The van der Waals surface area contributed by atoms with Crippen LogP contribution >= 0.6 is 28.6 Å². The van der Waals surface area contributed by atoms with Crippen molar-refractivity contribution in [1.82, 2.24) is 14.7 Å². The third-order valence-electron chi connectivity index (χ3n) is 2.50. The molecule has 0 saturated heterocycles. The largest absolute Gasteiger partial charge is 0.444 e. The summed E-state index contributed by atoms with van der Waals surface area (Å²) in [7, 11) is 0. The third-order valence-corrected chi connectivity index (χ3v) is 3.55. The predicted octanol–water partition coefficient (Wildman–Crippen LogP) is 3.26. The highest BCUT2D eigenvalue weighted by Crippen LogP contribution is 2.22. The van der Waals surface area contributed by atoms with Crippen LogP contribution in [0.2, 0.25) is 0 Å². The minimum absolute atomic E-state index is 0.178. The van der Waals surface area contributed by atoms with E-state index in [0.29, 0.717) is 10.7 Å². The molecule has 0 aliphatic carbocycles. The van der Waals surface area contributed by atoms with Crippen molar-refractivity contribution in [2.24, 2.45) is 0 Å². The lowest BCUT2D eigenvalue weighted by atomic mass is 10.2.